The Bertz CT molecular complexity index is 845. The zero-order valence-electron chi connectivity index (χ0n) is 13.0. The molecular formula is C18H16ClN3OS. The smallest absolute Gasteiger partial charge is 0.308 e. The second-order valence-electron chi connectivity index (χ2n) is 5.18. The lowest BCUT2D eigenvalue weighted by Crippen LogP contribution is -2.19. The highest BCUT2D eigenvalue weighted by atomic mass is 35.5. The summed E-state index contributed by atoms with van der Waals surface area (Å²) in [5, 5.41) is 8.51. The summed E-state index contributed by atoms with van der Waals surface area (Å²) in [7, 11) is 0. The average molecular weight is 358 g/mol. The fourth-order valence-electron chi connectivity index (χ4n) is 2.20. The van der Waals surface area contributed by atoms with E-state index >= 15 is 0 Å². The molecule has 24 heavy (non-hydrogen) atoms. The number of amides is 2. The molecule has 2 aromatic carbocycles. The van der Waals surface area contributed by atoms with Gasteiger partial charge in [-0.15, -0.1) is 11.3 Å². The van der Waals surface area contributed by atoms with Crippen LogP contribution in [0.15, 0.2) is 53.9 Å². The van der Waals surface area contributed by atoms with E-state index in [1.165, 1.54) is 16.9 Å². The van der Waals surface area contributed by atoms with E-state index in [-0.39, 0.29) is 6.03 Å². The van der Waals surface area contributed by atoms with Crippen molar-refractivity contribution in [3.63, 3.8) is 0 Å². The molecular weight excluding hydrogens is 342 g/mol. The summed E-state index contributed by atoms with van der Waals surface area (Å²) < 4.78 is 0. The SMILES string of the molecule is CCc1ccc(-c2csc(NC(=O)Nc3cccc(Cl)c3)n2)cc1. The van der Waals surface area contributed by atoms with Gasteiger partial charge in [0.1, 0.15) is 0 Å². The van der Waals surface area contributed by atoms with Crippen molar-refractivity contribution >= 4 is 39.8 Å². The molecule has 0 atom stereocenters. The molecule has 0 unspecified atom stereocenters. The molecule has 1 aromatic heterocycles. The first-order valence-electron chi connectivity index (χ1n) is 7.52. The van der Waals surface area contributed by atoms with Gasteiger partial charge in [-0.3, -0.25) is 5.32 Å². The van der Waals surface area contributed by atoms with Crippen LogP contribution in [0, 0.1) is 0 Å². The van der Waals surface area contributed by atoms with E-state index in [0.29, 0.717) is 15.8 Å². The van der Waals surface area contributed by atoms with Crippen LogP contribution in [0.4, 0.5) is 15.6 Å². The Balaban J connectivity index is 1.65. The number of urea groups is 1. The number of anilines is 2. The quantitative estimate of drug-likeness (QED) is 0.632. The third kappa shape index (κ3) is 4.13. The van der Waals surface area contributed by atoms with Crippen LogP contribution in [0.1, 0.15) is 12.5 Å². The van der Waals surface area contributed by atoms with E-state index in [9.17, 15) is 4.79 Å². The number of hydrogen-bond donors (Lipinski definition) is 2. The lowest BCUT2D eigenvalue weighted by Gasteiger charge is -2.05. The Kier molecular flexibility index (Phi) is 5.13. The van der Waals surface area contributed by atoms with Crippen molar-refractivity contribution in [2.24, 2.45) is 0 Å². The zero-order valence-corrected chi connectivity index (χ0v) is 14.6. The Hall–Kier alpha value is -2.37. The molecule has 3 aromatic rings. The third-order valence-electron chi connectivity index (χ3n) is 3.47. The van der Waals surface area contributed by atoms with Crippen molar-refractivity contribution in [1.82, 2.24) is 4.98 Å². The molecule has 2 amide bonds. The number of benzene rings is 2. The van der Waals surface area contributed by atoms with Gasteiger partial charge in [0.2, 0.25) is 0 Å². The molecule has 0 aliphatic heterocycles. The molecule has 0 saturated carbocycles. The first-order valence-corrected chi connectivity index (χ1v) is 8.78. The molecule has 0 fully saturated rings. The molecule has 0 spiro atoms. The minimum atomic E-state index is -0.348. The van der Waals surface area contributed by atoms with Crippen LogP contribution in [0.3, 0.4) is 0 Å². The van der Waals surface area contributed by atoms with Crippen LogP contribution in [0.2, 0.25) is 5.02 Å². The minimum absolute atomic E-state index is 0.348. The third-order valence-corrected chi connectivity index (χ3v) is 4.46. The molecule has 6 heteroatoms. The second kappa shape index (κ2) is 7.47. The highest BCUT2D eigenvalue weighted by Gasteiger charge is 2.08. The minimum Gasteiger partial charge on any atom is -0.308 e. The van der Waals surface area contributed by atoms with Crippen molar-refractivity contribution in [1.29, 1.82) is 0 Å². The maximum absolute atomic E-state index is 12.0. The summed E-state index contributed by atoms with van der Waals surface area (Å²) in [5.41, 5.74) is 3.80. The van der Waals surface area contributed by atoms with Crippen LogP contribution in [-0.2, 0) is 6.42 Å². The molecule has 2 N–H and O–H groups in total. The number of nitrogens with one attached hydrogen (secondary N) is 2. The highest BCUT2D eigenvalue weighted by Crippen LogP contribution is 2.25. The monoisotopic (exact) mass is 357 g/mol. The molecule has 3 rings (SSSR count). The molecule has 0 radical (unpaired) electrons. The normalized spacial score (nSPS) is 10.4. The van der Waals surface area contributed by atoms with Crippen LogP contribution < -0.4 is 10.6 Å². The summed E-state index contributed by atoms with van der Waals surface area (Å²) in [6, 6.07) is 14.9. The van der Waals surface area contributed by atoms with Crippen LogP contribution in [-0.4, -0.2) is 11.0 Å². The fourth-order valence-corrected chi connectivity index (χ4v) is 3.11. The van der Waals surface area contributed by atoms with Gasteiger partial charge in [0, 0.05) is 21.7 Å². The predicted octanol–water partition coefficient (Wildman–Crippen LogP) is 5.67. The van der Waals surface area contributed by atoms with Gasteiger partial charge >= 0.3 is 6.03 Å². The fraction of sp³-hybridized carbons (Fsp3) is 0.111. The number of hydrogen-bond acceptors (Lipinski definition) is 3. The van der Waals surface area contributed by atoms with Crippen molar-refractivity contribution < 1.29 is 4.79 Å². The lowest BCUT2D eigenvalue weighted by molar-refractivity contribution is 0.262. The van der Waals surface area contributed by atoms with E-state index in [1.54, 1.807) is 24.3 Å². The zero-order chi connectivity index (χ0) is 16.9. The van der Waals surface area contributed by atoms with E-state index in [2.05, 4.69) is 34.7 Å². The molecule has 0 aliphatic rings. The summed E-state index contributed by atoms with van der Waals surface area (Å²) in [5.74, 6) is 0. The van der Waals surface area contributed by atoms with Gasteiger partial charge < -0.3 is 5.32 Å². The topological polar surface area (TPSA) is 54.0 Å². The van der Waals surface area contributed by atoms with Crippen LogP contribution in [0.5, 0.6) is 0 Å². The highest BCUT2D eigenvalue weighted by molar-refractivity contribution is 7.14. The van der Waals surface area contributed by atoms with Gasteiger partial charge in [0.25, 0.3) is 0 Å². The van der Waals surface area contributed by atoms with Crippen molar-refractivity contribution in [3.05, 3.63) is 64.5 Å². The number of halogens is 1. The van der Waals surface area contributed by atoms with Crippen molar-refractivity contribution in [2.75, 3.05) is 10.6 Å². The van der Waals surface area contributed by atoms with Gasteiger partial charge in [0.05, 0.1) is 5.69 Å². The summed E-state index contributed by atoms with van der Waals surface area (Å²) >= 11 is 7.29. The molecule has 0 aliphatic carbocycles. The predicted molar refractivity (Wildman–Crippen MR) is 101 cm³/mol. The maximum Gasteiger partial charge on any atom is 0.325 e. The molecule has 122 valence electrons. The molecule has 0 bridgehead atoms. The first-order chi connectivity index (χ1) is 11.6. The van der Waals surface area contributed by atoms with E-state index in [1.807, 2.05) is 17.5 Å². The lowest BCUT2D eigenvalue weighted by atomic mass is 10.1. The number of rotatable bonds is 4. The first kappa shape index (κ1) is 16.5. The number of carbonyl (C=O) groups excluding carboxylic acids is 1. The Morgan fingerprint density at radius 2 is 1.96 bits per heavy atom. The summed E-state index contributed by atoms with van der Waals surface area (Å²) in [4.78, 5) is 16.5. The van der Waals surface area contributed by atoms with Crippen molar-refractivity contribution in [2.45, 2.75) is 13.3 Å². The van der Waals surface area contributed by atoms with E-state index < -0.39 is 0 Å². The Morgan fingerprint density at radius 3 is 2.67 bits per heavy atom. The standard InChI is InChI=1S/C18H16ClN3OS/c1-2-12-6-8-13(9-7-12)16-11-24-18(21-16)22-17(23)20-15-5-3-4-14(19)10-15/h3-11H,2H2,1H3,(H2,20,21,22,23). The van der Waals surface area contributed by atoms with Crippen molar-refractivity contribution in [3.8, 4) is 11.3 Å². The van der Waals surface area contributed by atoms with Gasteiger partial charge in [0.15, 0.2) is 5.13 Å². The summed E-state index contributed by atoms with van der Waals surface area (Å²) in [6.45, 7) is 2.12. The van der Waals surface area contributed by atoms with Gasteiger partial charge in [-0.2, -0.15) is 0 Å². The Labute approximate surface area is 149 Å². The number of carbonyl (C=O) groups is 1. The number of aryl methyl sites for hydroxylation is 1. The molecule has 0 saturated heterocycles. The van der Waals surface area contributed by atoms with Crippen LogP contribution in [0.25, 0.3) is 11.3 Å². The second-order valence-corrected chi connectivity index (χ2v) is 6.47. The maximum atomic E-state index is 12.0. The van der Waals surface area contributed by atoms with Gasteiger partial charge in [-0.05, 0) is 30.2 Å². The molecule has 4 nitrogen and oxygen atoms in total. The number of nitrogens with zero attached hydrogens (tertiary/aromatic N) is 1. The van der Waals surface area contributed by atoms with Gasteiger partial charge in [-0.25, -0.2) is 9.78 Å². The van der Waals surface area contributed by atoms with E-state index in [4.69, 9.17) is 11.6 Å². The largest absolute Gasteiger partial charge is 0.325 e. The number of thiazole rings is 1. The molecule has 1 heterocycles. The van der Waals surface area contributed by atoms with Crippen LogP contribution >= 0.6 is 22.9 Å². The number of aromatic nitrogens is 1. The average Bonchev–Trinajstić information content (AvgIpc) is 3.03. The van der Waals surface area contributed by atoms with Gasteiger partial charge in [-0.1, -0.05) is 48.9 Å². The Morgan fingerprint density at radius 1 is 1.17 bits per heavy atom. The summed E-state index contributed by atoms with van der Waals surface area (Å²) in [6.07, 6.45) is 1.01. The van der Waals surface area contributed by atoms with E-state index in [0.717, 1.165) is 17.7 Å².